The van der Waals surface area contributed by atoms with Gasteiger partial charge in [0.1, 0.15) is 12.2 Å². The molecule has 4 atom stereocenters. The normalized spacial score (nSPS) is 15.9. The van der Waals surface area contributed by atoms with Crippen LogP contribution in [0.5, 0.6) is 0 Å². The number of ether oxygens (including phenoxy) is 2. The molecule has 0 saturated carbocycles. The van der Waals surface area contributed by atoms with Gasteiger partial charge >= 0.3 is 11.9 Å². The van der Waals surface area contributed by atoms with Gasteiger partial charge in [-0.2, -0.15) is 0 Å². The third-order valence-corrected chi connectivity index (χ3v) is 5.36. The summed E-state index contributed by atoms with van der Waals surface area (Å²) in [5, 5.41) is 0. The van der Waals surface area contributed by atoms with Crippen LogP contribution < -0.4 is 0 Å². The summed E-state index contributed by atoms with van der Waals surface area (Å²) in [6.07, 6.45) is 7.75. The van der Waals surface area contributed by atoms with E-state index in [0.717, 1.165) is 51.4 Å². The van der Waals surface area contributed by atoms with Crippen molar-refractivity contribution in [1.82, 2.24) is 0 Å². The molecule has 0 unspecified atom stereocenters. The number of hydrogen-bond donors (Lipinski definition) is 0. The van der Waals surface area contributed by atoms with E-state index in [9.17, 15) is 9.59 Å². The van der Waals surface area contributed by atoms with Gasteiger partial charge in [-0.25, -0.2) is 0 Å². The van der Waals surface area contributed by atoms with Crippen molar-refractivity contribution in [2.24, 2.45) is 17.8 Å². The largest absolute Gasteiger partial charge is 0.462 e. The average molecular weight is 385 g/mol. The molecule has 0 aromatic carbocycles. The summed E-state index contributed by atoms with van der Waals surface area (Å²) < 4.78 is 11.5. The van der Waals surface area contributed by atoms with Crippen molar-refractivity contribution in [2.75, 3.05) is 0 Å². The third-order valence-electron chi connectivity index (χ3n) is 5.36. The van der Waals surface area contributed by atoms with Crippen LogP contribution in [-0.4, -0.2) is 24.1 Å². The predicted molar refractivity (Wildman–Crippen MR) is 112 cm³/mol. The van der Waals surface area contributed by atoms with Crippen LogP contribution in [0.2, 0.25) is 0 Å². The first-order valence-electron chi connectivity index (χ1n) is 11.2. The maximum Gasteiger partial charge on any atom is 0.309 e. The van der Waals surface area contributed by atoms with E-state index in [2.05, 4.69) is 27.7 Å². The molecule has 0 aromatic rings. The lowest BCUT2D eigenvalue weighted by atomic mass is 9.97. The standard InChI is InChI=1S/C23H44O4/c1-8-12-14-19(10-3)22(24)26-18(7)16-21(17(5)6)27-23(25)20(11-4)15-13-9-2/h17-21H,8-16H2,1-7H3/t18-,19-,20+,21+/m1/s1. The molecular weight excluding hydrogens is 340 g/mol. The lowest BCUT2D eigenvalue weighted by Crippen LogP contribution is -2.32. The summed E-state index contributed by atoms with van der Waals surface area (Å²) >= 11 is 0. The molecule has 0 aliphatic carbocycles. The molecule has 0 N–H and O–H groups in total. The number of unbranched alkanes of at least 4 members (excludes halogenated alkanes) is 2. The summed E-state index contributed by atoms with van der Waals surface area (Å²) in [6.45, 7) is 14.3. The molecule has 0 saturated heterocycles. The maximum atomic E-state index is 12.5. The molecule has 0 spiro atoms. The molecule has 0 aliphatic rings. The summed E-state index contributed by atoms with van der Waals surface area (Å²) in [5.74, 6) is -0.0615. The van der Waals surface area contributed by atoms with E-state index in [-0.39, 0.29) is 41.9 Å². The first-order chi connectivity index (χ1) is 12.8. The van der Waals surface area contributed by atoms with Gasteiger partial charge < -0.3 is 9.47 Å². The highest BCUT2D eigenvalue weighted by atomic mass is 16.6. The fourth-order valence-corrected chi connectivity index (χ4v) is 3.25. The molecule has 27 heavy (non-hydrogen) atoms. The van der Waals surface area contributed by atoms with Crippen molar-refractivity contribution in [3.8, 4) is 0 Å². The number of carbonyl (C=O) groups excluding carboxylic acids is 2. The van der Waals surface area contributed by atoms with Gasteiger partial charge in [-0.1, -0.05) is 67.2 Å². The van der Waals surface area contributed by atoms with Crippen molar-refractivity contribution in [2.45, 2.75) is 118 Å². The zero-order chi connectivity index (χ0) is 20.8. The minimum atomic E-state index is -0.246. The molecule has 0 rings (SSSR count). The van der Waals surface area contributed by atoms with Crippen LogP contribution in [0.25, 0.3) is 0 Å². The van der Waals surface area contributed by atoms with Gasteiger partial charge in [0.2, 0.25) is 0 Å². The topological polar surface area (TPSA) is 52.6 Å². The third kappa shape index (κ3) is 10.8. The molecule has 0 radical (unpaired) electrons. The Kier molecular flexibility index (Phi) is 14.3. The molecule has 0 fully saturated rings. The molecule has 160 valence electrons. The lowest BCUT2D eigenvalue weighted by molar-refractivity contribution is -0.162. The van der Waals surface area contributed by atoms with Gasteiger partial charge in [0.15, 0.2) is 0 Å². The summed E-state index contributed by atoms with van der Waals surface area (Å²) in [5.41, 5.74) is 0. The van der Waals surface area contributed by atoms with Crippen LogP contribution >= 0.6 is 0 Å². The van der Waals surface area contributed by atoms with E-state index in [1.807, 2.05) is 20.8 Å². The smallest absolute Gasteiger partial charge is 0.309 e. The number of hydrogen-bond acceptors (Lipinski definition) is 4. The van der Waals surface area contributed by atoms with Crippen LogP contribution in [-0.2, 0) is 19.1 Å². The van der Waals surface area contributed by atoms with Gasteiger partial charge in [0.05, 0.1) is 11.8 Å². The van der Waals surface area contributed by atoms with E-state index < -0.39 is 0 Å². The highest BCUT2D eigenvalue weighted by Crippen LogP contribution is 2.22. The summed E-state index contributed by atoms with van der Waals surface area (Å²) in [4.78, 5) is 24.9. The van der Waals surface area contributed by atoms with Crippen molar-refractivity contribution in [3.63, 3.8) is 0 Å². The second kappa shape index (κ2) is 14.9. The van der Waals surface area contributed by atoms with Crippen molar-refractivity contribution in [3.05, 3.63) is 0 Å². The van der Waals surface area contributed by atoms with Crippen molar-refractivity contribution < 1.29 is 19.1 Å². The Labute approximate surface area is 167 Å². The quantitative estimate of drug-likeness (QED) is 0.310. The number of esters is 2. The Bertz CT molecular complexity index is 405. The number of carbonyl (C=O) groups is 2. The van der Waals surface area contributed by atoms with Gasteiger partial charge in [-0.3, -0.25) is 9.59 Å². The Balaban J connectivity index is 4.70. The van der Waals surface area contributed by atoms with Gasteiger partial charge in [-0.15, -0.1) is 0 Å². The van der Waals surface area contributed by atoms with Gasteiger partial charge in [0.25, 0.3) is 0 Å². The van der Waals surface area contributed by atoms with E-state index in [0.29, 0.717) is 6.42 Å². The van der Waals surface area contributed by atoms with Gasteiger partial charge in [-0.05, 0) is 38.5 Å². The molecule has 0 aliphatic heterocycles. The second-order valence-electron chi connectivity index (χ2n) is 8.20. The highest BCUT2D eigenvalue weighted by molar-refractivity contribution is 5.73. The molecule has 0 aromatic heterocycles. The molecule has 4 heteroatoms. The fourth-order valence-electron chi connectivity index (χ4n) is 3.25. The lowest BCUT2D eigenvalue weighted by Gasteiger charge is -2.27. The summed E-state index contributed by atoms with van der Waals surface area (Å²) in [7, 11) is 0. The predicted octanol–water partition coefficient (Wildman–Crippen LogP) is 6.31. The minimum Gasteiger partial charge on any atom is -0.462 e. The Hall–Kier alpha value is -1.06. The Morgan fingerprint density at radius 3 is 1.56 bits per heavy atom. The van der Waals surface area contributed by atoms with E-state index in [1.165, 1.54) is 0 Å². The zero-order valence-electron chi connectivity index (χ0n) is 18.9. The van der Waals surface area contributed by atoms with E-state index in [1.54, 1.807) is 0 Å². The fraction of sp³-hybridized carbons (Fsp3) is 0.913. The molecular formula is C23H44O4. The number of rotatable bonds is 15. The van der Waals surface area contributed by atoms with Crippen molar-refractivity contribution in [1.29, 1.82) is 0 Å². The van der Waals surface area contributed by atoms with Crippen LogP contribution in [0.1, 0.15) is 106 Å². The van der Waals surface area contributed by atoms with Crippen LogP contribution in [0, 0.1) is 17.8 Å². The Morgan fingerprint density at radius 2 is 1.19 bits per heavy atom. The average Bonchev–Trinajstić information content (AvgIpc) is 2.62. The summed E-state index contributed by atoms with van der Waals surface area (Å²) in [6, 6.07) is 0. The molecule has 0 heterocycles. The first kappa shape index (κ1) is 25.9. The molecule has 0 bridgehead atoms. The van der Waals surface area contributed by atoms with E-state index >= 15 is 0 Å². The monoisotopic (exact) mass is 384 g/mol. The maximum absolute atomic E-state index is 12.5. The van der Waals surface area contributed by atoms with Crippen LogP contribution in [0.4, 0.5) is 0 Å². The first-order valence-corrected chi connectivity index (χ1v) is 11.2. The highest BCUT2D eigenvalue weighted by Gasteiger charge is 2.27. The second-order valence-corrected chi connectivity index (χ2v) is 8.20. The van der Waals surface area contributed by atoms with E-state index in [4.69, 9.17) is 9.47 Å². The minimum absolute atomic E-state index is 0.0223. The molecule has 0 amide bonds. The van der Waals surface area contributed by atoms with Crippen molar-refractivity contribution >= 4 is 11.9 Å². The molecule has 4 nitrogen and oxygen atoms in total. The van der Waals surface area contributed by atoms with Gasteiger partial charge in [0, 0.05) is 6.42 Å². The van der Waals surface area contributed by atoms with Crippen LogP contribution in [0.3, 0.4) is 0 Å². The SMILES string of the molecule is CCCC[C@@H](CC)C(=O)O[C@H](C)C[C@H](OC(=O)[C@@H](CC)CCCC)C(C)C. The van der Waals surface area contributed by atoms with Crippen LogP contribution in [0.15, 0.2) is 0 Å². The Morgan fingerprint density at radius 1 is 0.741 bits per heavy atom. The zero-order valence-corrected chi connectivity index (χ0v) is 18.9.